The number of carbonyl (C=O) groups excluding carboxylic acids is 2. The highest BCUT2D eigenvalue weighted by Gasteiger charge is 2.16. The zero-order valence-electron chi connectivity index (χ0n) is 16.1. The Bertz CT molecular complexity index is 836. The molecular weight excluding hydrogens is 358 g/mol. The van der Waals surface area contributed by atoms with Crippen molar-refractivity contribution in [2.24, 2.45) is 0 Å². The van der Waals surface area contributed by atoms with E-state index in [1.807, 2.05) is 56.3 Å². The normalized spacial score (nSPS) is 13.4. The molecule has 7 heteroatoms. The monoisotopic (exact) mass is 383 g/mol. The minimum atomic E-state index is -0.386. The molecule has 0 radical (unpaired) electrons. The molecule has 0 saturated carbocycles. The van der Waals surface area contributed by atoms with Crippen LogP contribution in [0.5, 0.6) is 11.5 Å². The summed E-state index contributed by atoms with van der Waals surface area (Å²) in [6, 6.07) is 12.9. The first-order chi connectivity index (χ1) is 13.5. The van der Waals surface area contributed by atoms with Crippen LogP contribution < -0.4 is 25.4 Å². The summed E-state index contributed by atoms with van der Waals surface area (Å²) in [6.45, 7) is 5.24. The molecule has 3 amide bonds. The van der Waals surface area contributed by atoms with E-state index in [4.69, 9.17) is 9.47 Å². The topological polar surface area (TPSA) is 88.7 Å². The van der Waals surface area contributed by atoms with Crippen LogP contribution in [0.3, 0.4) is 0 Å². The van der Waals surface area contributed by atoms with Crippen LogP contribution in [0.15, 0.2) is 42.5 Å². The highest BCUT2D eigenvalue weighted by molar-refractivity contribution is 5.84. The lowest BCUT2D eigenvalue weighted by atomic mass is 10.1. The number of fused-ring (bicyclic) bond motifs is 1. The molecule has 0 saturated heterocycles. The molecule has 7 nitrogen and oxygen atoms in total. The number of nitrogens with one attached hydrogen (secondary N) is 3. The molecule has 3 N–H and O–H groups in total. The fraction of sp³-hybridized carbons (Fsp3) is 0.333. The average molecular weight is 383 g/mol. The number of hydrogen-bond acceptors (Lipinski definition) is 4. The number of carbonyl (C=O) groups is 2. The van der Waals surface area contributed by atoms with E-state index in [0.717, 1.165) is 16.7 Å². The third-order valence-corrected chi connectivity index (χ3v) is 4.43. The van der Waals surface area contributed by atoms with Crippen molar-refractivity contribution in [1.29, 1.82) is 0 Å². The maximum atomic E-state index is 12.1. The van der Waals surface area contributed by atoms with Crippen molar-refractivity contribution in [2.75, 3.05) is 19.8 Å². The highest BCUT2D eigenvalue weighted by Crippen LogP contribution is 2.32. The first-order valence-corrected chi connectivity index (χ1v) is 9.27. The molecule has 2 aromatic carbocycles. The van der Waals surface area contributed by atoms with Crippen molar-refractivity contribution in [3.63, 3.8) is 0 Å². The Kier molecular flexibility index (Phi) is 6.37. The quantitative estimate of drug-likeness (QED) is 0.715. The first-order valence-electron chi connectivity index (χ1n) is 9.27. The summed E-state index contributed by atoms with van der Waals surface area (Å²) < 4.78 is 11.1. The predicted octanol–water partition coefficient (Wildman–Crippen LogP) is 2.44. The Morgan fingerprint density at radius 1 is 1.00 bits per heavy atom. The maximum absolute atomic E-state index is 12.1. The van der Waals surface area contributed by atoms with Crippen LogP contribution in [0.25, 0.3) is 0 Å². The maximum Gasteiger partial charge on any atom is 0.315 e. The predicted molar refractivity (Wildman–Crippen MR) is 105 cm³/mol. The lowest BCUT2D eigenvalue weighted by Crippen LogP contribution is -2.42. The van der Waals surface area contributed by atoms with Gasteiger partial charge in [-0.25, -0.2) is 4.79 Å². The Morgan fingerprint density at radius 2 is 1.71 bits per heavy atom. The van der Waals surface area contributed by atoms with Gasteiger partial charge in [-0.2, -0.15) is 0 Å². The number of urea groups is 1. The molecule has 0 aliphatic carbocycles. The van der Waals surface area contributed by atoms with Crippen LogP contribution in [0.1, 0.15) is 29.7 Å². The second-order valence-corrected chi connectivity index (χ2v) is 6.71. The molecule has 3 rings (SSSR count). The molecule has 1 heterocycles. The van der Waals surface area contributed by atoms with Crippen molar-refractivity contribution in [3.05, 3.63) is 59.2 Å². The largest absolute Gasteiger partial charge is 0.486 e. The molecule has 0 unspecified atom stereocenters. The Morgan fingerprint density at radius 3 is 2.46 bits per heavy atom. The van der Waals surface area contributed by atoms with Crippen molar-refractivity contribution in [2.45, 2.75) is 26.4 Å². The van der Waals surface area contributed by atoms with Gasteiger partial charge in [0.1, 0.15) is 13.2 Å². The van der Waals surface area contributed by atoms with Crippen LogP contribution in [0, 0.1) is 6.92 Å². The zero-order chi connectivity index (χ0) is 19.9. The minimum absolute atomic E-state index is 0.103. The van der Waals surface area contributed by atoms with Crippen LogP contribution in [-0.2, 0) is 11.3 Å². The number of amides is 3. The number of ether oxygens (including phenoxy) is 2. The van der Waals surface area contributed by atoms with E-state index < -0.39 is 0 Å². The van der Waals surface area contributed by atoms with Gasteiger partial charge >= 0.3 is 6.03 Å². The lowest BCUT2D eigenvalue weighted by Gasteiger charge is -2.21. The van der Waals surface area contributed by atoms with E-state index in [2.05, 4.69) is 16.0 Å². The van der Waals surface area contributed by atoms with Gasteiger partial charge in [0.05, 0.1) is 12.6 Å². The summed E-state index contributed by atoms with van der Waals surface area (Å²) in [4.78, 5) is 24.0. The van der Waals surface area contributed by atoms with E-state index >= 15 is 0 Å². The molecular formula is C21H25N3O4. The number of aryl methyl sites for hydroxylation is 1. The Balaban J connectivity index is 1.42. The number of hydrogen-bond donors (Lipinski definition) is 3. The van der Waals surface area contributed by atoms with E-state index in [1.165, 1.54) is 0 Å². The summed E-state index contributed by atoms with van der Waals surface area (Å²) in [7, 11) is 0. The minimum Gasteiger partial charge on any atom is -0.486 e. The van der Waals surface area contributed by atoms with Gasteiger partial charge in [-0.3, -0.25) is 4.79 Å². The Labute approximate surface area is 164 Å². The van der Waals surface area contributed by atoms with Crippen LogP contribution in [0.2, 0.25) is 0 Å². The van der Waals surface area contributed by atoms with Crippen molar-refractivity contribution < 1.29 is 19.1 Å². The van der Waals surface area contributed by atoms with Crippen LogP contribution in [-0.4, -0.2) is 31.7 Å². The summed E-state index contributed by atoms with van der Waals surface area (Å²) in [5.41, 5.74) is 3.07. The second kappa shape index (κ2) is 9.12. The molecule has 2 aromatic rings. The summed E-state index contributed by atoms with van der Waals surface area (Å²) >= 11 is 0. The zero-order valence-corrected chi connectivity index (χ0v) is 16.1. The molecule has 0 aromatic heterocycles. The third-order valence-electron chi connectivity index (χ3n) is 4.43. The third kappa shape index (κ3) is 5.39. The van der Waals surface area contributed by atoms with Gasteiger partial charge in [0, 0.05) is 6.54 Å². The second-order valence-electron chi connectivity index (χ2n) is 6.71. The summed E-state index contributed by atoms with van der Waals surface area (Å²) in [6.07, 6.45) is 0. The van der Waals surface area contributed by atoms with E-state index in [1.54, 1.807) is 0 Å². The molecule has 1 atom stereocenters. The van der Waals surface area contributed by atoms with Gasteiger partial charge in [0.2, 0.25) is 5.91 Å². The standard InChI is InChI=1S/C21H25N3O4/c1-14-3-5-16(6-4-14)12-22-21(26)23-13-20(25)24-15(2)17-7-8-18-19(11-17)28-10-9-27-18/h3-8,11,15H,9-10,12-13H2,1-2H3,(H,24,25)(H2,22,23,26)/t15-/m0/s1. The van der Waals surface area contributed by atoms with Crippen LogP contribution in [0.4, 0.5) is 4.79 Å². The van der Waals surface area contributed by atoms with Crippen molar-refractivity contribution >= 4 is 11.9 Å². The van der Waals surface area contributed by atoms with Gasteiger partial charge in [-0.05, 0) is 37.1 Å². The fourth-order valence-corrected chi connectivity index (χ4v) is 2.82. The smallest absolute Gasteiger partial charge is 0.315 e. The number of rotatable bonds is 6. The molecule has 148 valence electrons. The molecule has 0 fully saturated rings. The molecule has 1 aliphatic heterocycles. The summed E-state index contributed by atoms with van der Waals surface area (Å²) in [5, 5.41) is 8.16. The van der Waals surface area contributed by atoms with Gasteiger partial charge in [0.25, 0.3) is 0 Å². The van der Waals surface area contributed by atoms with Crippen molar-refractivity contribution in [3.8, 4) is 11.5 Å². The SMILES string of the molecule is Cc1ccc(CNC(=O)NCC(=O)N[C@@H](C)c2ccc3c(c2)OCCO3)cc1. The lowest BCUT2D eigenvalue weighted by molar-refractivity contribution is -0.120. The van der Waals surface area contributed by atoms with Gasteiger partial charge < -0.3 is 25.4 Å². The first kappa shape index (κ1) is 19.5. The van der Waals surface area contributed by atoms with E-state index in [0.29, 0.717) is 31.3 Å². The van der Waals surface area contributed by atoms with Gasteiger partial charge in [-0.1, -0.05) is 35.9 Å². The number of benzene rings is 2. The van der Waals surface area contributed by atoms with E-state index in [-0.39, 0.29) is 24.5 Å². The molecule has 0 bridgehead atoms. The molecule has 28 heavy (non-hydrogen) atoms. The average Bonchev–Trinajstić information content (AvgIpc) is 2.71. The fourth-order valence-electron chi connectivity index (χ4n) is 2.82. The van der Waals surface area contributed by atoms with Gasteiger partial charge in [-0.15, -0.1) is 0 Å². The van der Waals surface area contributed by atoms with Crippen LogP contribution >= 0.6 is 0 Å². The van der Waals surface area contributed by atoms with Gasteiger partial charge in [0.15, 0.2) is 11.5 Å². The molecule has 1 aliphatic rings. The van der Waals surface area contributed by atoms with Crippen molar-refractivity contribution in [1.82, 2.24) is 16.0 Å². The summed E-state index contributed by atoms with van der Waals surface area (Å²) in [5.74, 6) is 1.12. The highest BCUT2D eigenvalue weighted by atomic mass is 16.6. The Hall–Kier alpha value is -3.22. The van der Waals surface area contributed by atoms with E-state index in [9.17, 15) is 9.59 Å². The molecule has 0 spiro atoms.